The highest BCUT2D eigenvalue weighted by atomic mass is 16.5. The first kappa shape index (κ1) is 13.8. The van der Waals surface area contributed by atoms with Crippen molar-refractivity contribution in [2.24, 2.45) is 11.7 Å². The van der Waals surface area contributed by atoms with E-state index >= 15 is 0 Å². The van der Waals surface area contributed by atoms with Crippen molar-refractivity contribution in [1.82, 2.24) is 4.90 Å². The van der Waals surface area contributed by atoms with Gasteiger partial charge >= 0.3 is 0 Å². The fraction of sp³-hybridized carbons (Fsp3) is 0.929. The average molecular weight is 254 g/mol. The lowest BCUT2D eigenvalue weighted by Crippen LogP contribution is -2.55. The van der Waals surface area contributed by atoms with Gasteiger partial charge in [0.15, 0.2) is 0 Å². The molecule has 104 valence electrons. The quantitative estimate of drug-likeness (QED) is 0.813. The lowest BCUT2D eigenvalue weighted by atomic mass is 9.84. The Morgan fingerprint density at radius 3 is 2.61 bits per heavy atom. The van der Waals surface area contributed by atoms with Gasteiger partial charge in [-0.25, -0.2) is 0 Å². The van der Waals surface area contributed by atoms with Crippen molar-refractivity contribution in [3.8, 4) is 0 Å². The maximum absolute atomic E-state index is 12.4. The molecule has 2 N–H and O–H groups in total. The molecule has 2 rings (SSSR count). The number of nitrogens with zero attached hydrogens (tertiary/aromatic N) is 1. The molecule has 0 bridgehead atoms. The monoisotopic (exact) mass is 254 g/mol. The molecule has 2 fully saturated rings. The minimum atomic E-state index is -0.152. The molecule has 0 aromatic rings. The summed E-state index contributed by atoms with van der Waals surface area (Å²) in [6.07, 6.45) is 5.06. The van der Waals surface area contributed by atoms with Crippen LogP contribution in [0.4, 0.5) is 0 Å². The van der Waals surface area contributed by atoms with Crippen LogP contribution in [-0.4, -0.2) is 42.1 Å². The van der Waals surface area contributed by atoms with E-state index in [1.165, 1.54) is 0 Å². The Morgan fingerprint density at radius 1 is 1.33 bits per heavy atom. The Labute approximate surface area is 110 Å². The molecule has 1 amide bonds. The third-order valence-corrected chi connectivity index (χ3v) is 4.30. The Hall–Kier alpha value is -0.610. The van der Waals surface area contributed by atoms with Crippen LogP contribution >= 0.6 is 0 Å². The van der Waals surface area contributed by atoms with Gasteiger partial charge in [-0.3, -0.25) is 4.79 Å². The van der Waals surface area contributed by atoms with E-state index in [2.05, 4.69) is 13.8 Å². The van der Waals surface area contributed by atoms with Crippen molar-refractivity contribution in [3.05, 3.63) is 0 Å². The van der Waals surface area contributed by atoms with Crippen LogP contribution in [0.1, 0.15) is 46.0 Å². The molecule has 0 atom stereocenters. The second-order valence-corrected chi connectivity index (χ2v) is 6.40. The van der Waals surface area contributed by atoms with Gasteiger partial charge in [-0.1, -0.05) is 0 Å². The Bertz CT molecular complexity index is 296. The number of amides is 1. The lowest BCUT2D eigenvalue weighted by Gasteiger charge is -2.43. The Balaban J connectivity index is 1.87. The first-order valence-corrected chi connectivity index (χ1v) is 7.13. The standard InChI is InChI=1S/C14H26N2O2/c1-14(2)10-18-8-7-16(14)13(17)9-11-3-5-12(15)6-4-11/h11-12H,3-10,15H2,1-2H3. The summed E-state index contributed by atoms with van der Waals surface area (Å²) in [6.45, 7) is 6.22. The molecule has 18 heavy (non-hydrogen) atoms. The van der Waals surface area contributed by atoms with Crippen molar-refractivity contribution in [2.45, 2.75) is 57.5 Å². The molecule has 0 spiro atoms. The zero-order valence-electron chi connectivity index (χ0n) is 11.7. The van der Waals surface area contributed by atoms with Crippen molar-refractivity contribution in [3.63, 3.8) is 0 Å². The summed E-state index contributed by atoms with van der Waals surface area (Å²) < 4.78 is 5.46. The number of nitrogens with two attached hydrogens (primary N) is 1. The summed E-state index contributed by atoms with van der Waals surface area (Å²) >= 11 is 0. The maximum Gasteiger partial charge on any atom is 0.223 e. The summed E-state index contributed by atoms with van der Waals surface area (Å²) in [5, 5.41) is 0. The predicted molar refractivity (Wildman–Crippen MR) is 71.2 cm³/mol. The summed E-state index contributed by atoms with van der Waals surface area (Å²) in [5.41, 5.74) is 5.75. The molecule has 0 aromatic carbocycles. The van der Waals surface area contributed by atoms with E-state index in [9.17, 15) is 4.79 Å². The second kappa shape index (κ2) is 5.57. The molecule has 4 heteroatoms. The van der Waals surface area contributed by atoms with Crippen molar-refractivity contribution in [1.29, 1.82) is 0 Å². The molecule has 0 aromatic heterocycles. The molecule has 4 nitrogen and oxygen atoms in total. The maximum atomic E-state index is 12.4. The van der Waals surface area contributed by atoms with Gasteiger partial charge in [-0.15, -0.1) is 0 Å². The summed E-state index contributed by atoms with van der Waals surface area (Å²) in [7, 11) is 0. The molecule has 1 aliphatic heterocycles. The third kappa shape index (κ3) is 3.23. The van der Waals surface area contributed by atoms with E-state index in [1.807, 2.05) is 4.90 Å². The highest BCUT2D eigenvalue weighted by Crippen LogP contribution is 2.28. The smallest absolute Gasteiger partial charge is 0.223 e. The number of hydrogen-bond donors (Lipinski definition) is 1. The summed E-state index contributed by atoms with van der Waals surface area (Å²) in [5.74, 6) is 0.833. The summed E-state index contributed by atoms with van der Waals surface area (Å²) in [4.78, 5) is 14.4. The molecule has 1 heterocycles. The van der Waals surface area contributed by atoms with Crippen LogP contribution in [0.25, 0.3) is 0 Å². The fourth-order valence-electron chi connectivity index (χ4n) is 3.07. The van der Waals surface area contributed by atoms with Gasteiger partial charge in [0.2, 0.25) is 5.91 Å². The molecule has 1 saturated heterocycles. The van der Waals surface area contributed by atoms with Crippen molar-refractivity contribution >= 4 is 5.91 Å². The largest absolute Gasteiger partial charge is 0.377 e. The lowest BCUT2D eigenvalue weighted by molar-refractivity contribution is -0.147. The fourth-order valence-corrected chi connectivity index (χ4v) is 3.07. The molecule has 1 saturated carbocycles. The molecule has 0 radical (unpaired) electrons. The van der Waals surface area contributed by atoms with Gasteiger partial charge in [0.05, 0.1) is 18.8 Å². The van der Waals surface area contributed by atoms with Crippen molar-refractivity contribution < 1.29 is 9.53 Å². The molecule has 0 unspecified atom stereocenters. The van der Waals surface area contributed by atoms with Crippen LogP contribution in [0, 0.1) is 5.92 Å². The number of rotatable bonds is 2. The highest BCUT2D eigenvalue weighted by Gasteiger charge is 2.35. The number of carbonyl (C=O) groups excluding carboxylic acids is 1. The van der Waals surface area contributed by atoms with Gasteiger partial charge < -0.3 is 15.4 Å². The predicted octanol–water partition coefficient (Wildman–Crippen LogP) is 1.53. The van der Waals surface area contributed by atoms with Crippen LogP contribution < -0.4 is 5.73 Å². The Morgan fingerprint density at radius 2 is 2.00 bits per heavy atom. The van der Waals surface area contributed by atoms with Gasteiger partial charge in [0.25, 0.3) is 0 Å². The van der Waals surface area contributed by atoms with Crippen LogP contribution in [0.15, 0.2) is 0 Å². The van der Waals surface area contributed by atoms with Crippen LogP contribution in [0.5, 0.6) is 0 Å². The van der Waals surface area contributed by atoms with Crippen LogP contribution in [0.3, 0.4) is 0 Å². The number of ether oxygens (including phenoxy) is 1. The minimum Gasteiger partial charge on any atom is -0.377 e. The first-order chi connectivity index (χ1) is 8.49. The van der Waals surface area contributed by atoms with E-state index in [1.54, 1.807) is 0 Å². The number of morpholine rings is 1. The van der Waals surface area contributed by atoms with E-state index in [-0.39, 0.29) is 5.54 Å². The normalized spacial score (nSPS) is 32.3. The SMILES string of the molecule is CC1(C)COCCN1C(=O)CC1CCC(N)CC1. The van der Waals surface area contributed by atoms with Crippen molar-refractivity contribution in [2.75, 3.05) is 19.8 Å². The van der Waals surface area contributed by atoms with E-state index in [4.69, 9.17) is 10.5 Å². The topological polar surface area (TPSA) is 55.6 Å². The Kier molecular flexibility index (Phi) is 4.28. The highest BCUT2D eigenvalue weighted by molar-refractivity contribution is 5.77. The first-order valence-electron chi connectivity index (χ1n) is 7.13. The second-order valence-electron chi connectivity index (χ2n) is 6.40. The van der Waals surface area contributed by atoms with E-state index in [0.29, 0.717) is 37.5 Å². The summed E-state index contributed by atoms with van der Waals surface area (Å²) in [6, 6.07) is 0.358. The van der Waals surface area contributed by atoms with Gasteiger partial charge in [0.1, 0.15) is 0 Å². The molecular weight excluding hydrogens is 228 g/mol. The van der Waals surface area contributed by atoms with Crippen LogP contribution in [-0.2, 0) is 9.53 Å². The molecule has 2 aliphatic rings. The van der Waals surface area contributed by atoms with Gasteiger partial charge in [-0.2, -0.15) is 0 Å². The molecule has 1 aliphatic carbocycles. The number of carbonyl (C=O) groups is 1. The van der Waals surface area contributed by atoms with Gasteiger partial charge in [-0.05, 0) is 45.4 Å². The minimum absolute atomic E-state index is 0.152. The zero-order chi connectivity index (χ0) is 13.2. The van der Waals surface area contributed by atoms with Gasteiger partial charge in [0, 0.05) is 19.0 Å². The average Bonchev–Trinajstić information content (AvgIpc) is 2.31. The molecular formula is C14H26N2O2. The third-order valence-electron chi connectivity index (χ3n) is 4.30. The van der Waals surface area contributed by atoms with Crippen LogP contribution in [0.2, 0.25) is 0 Å². The van der Waals surface area contributed by atoms with E-state index < -0.39 is 0 Å². The zero-order valence-corrected chi connectivity index (χ0v) is 11.7. The van der Waals surface area contributed by atoms with E-state index in [0.717, 1.165) is 32.2 Å². The number of hydrogen-bond acceptors (Lipinski definition) is 3.